The Balaban J connectivity index is 1.64. The van der Waals surface area contributed by atoms with Gasteiger partial charge in [0, 0.05) is 0 Å². The summed E-state index contributed by atoms with van der Waals surface area (Å²) in [6, 6.07) is 7.02. The van der Waals surface area contributed by atoms with E-state index < -0.39 is 43.0 Å². The highest BCUT2D eigenvalue weighted by Crippen LogP contribution is 2.32. The van der Waals surface area contributed by atoms with Crippen LogP contribution in [0, 0.1) is 0 Å². The van der Waals surface area contributed by atoms with Crippen molar-refractivity contribution in [1.82, 2.24) is 24.8 Å². The Hall–Kier alpha value is -3.12. The Labute approximate surface area is 165 Å². The molecule has 11 heteroatoms. The number of hydrogen-bond acceptors (Lipinski definition) is 9. The molecule has 3 heterocycles. The first-order chi connectivity index (χ1) is 14.0. The van der Waals surface area contributed by atoms with E-state index in [-0.39, 0.29) is 5.82 Å². The van der Waals surface area contributed by atoms with E-state index in [4.69, 9.17) is 16.2 Å². The number of nitrogen functional groups attached to an aromatic ring is 1. The van der Waals surface area contributed by atoms with Crippen LogP contribution in [-0.4, -0.2) is 60.5 Å². The number of rotatable bonds is 5. The number of fused-ring (bicyclic) bond motifs is 1. The lowest BCUT2D eigenvalue weighted by Crippen LogP contribution is -2.49. The minimum absolute atomic E-state index is 0.192. The molecule has 0 bridgehead atoms. The zero-order chi connectivity index (χ0) is 20.5. The number of hydrogen-bond donors (Lipinski definition) is 5. The number of anilines is 1. The Bertz CT molecular complexity index is 1010. The maximum absolute atomic E-state index is 12.7. The monoisotopic (exact) mass is 399 g/mol. The summed E-state index contributed by atoms with van der Waals surface area (Å²) in [5.74, 6) is -0.302. The van der Waals surface area contributed by atoms with Crippen LogP contribution >= 0.6 is 0 Å². The summed E-state index contributed by atoms with van der Waals surface area (Å²) in [7, 11) is 0. The third-order valence-electron chi connectivity index (χ3n) is 4.96. The van der Waals surface area contributed by atoms with Crippen LogP contribution in [0.1, 0.15) is 17.8 Å². The third-order valence-corrected chi connectivity index (χ3v) is 4.96. The number of nitrogens with two attached hydrogens (primary N) is 2. The molecule has 2 aromatic heterocycles. The van der Waals surface area contributed by atoms with Crippen LogP contribution in [0.2, 0.25) is 0 Å². The maximum atomic E-state index is 12.7. The Morgan fingerprint density at radius 2 is 2.03 bits per heavy atom. The van der Waals surface area contributed by atoms with Crippen molar-refractivity contribution < 1.29 is 19.7 Å². The molecular formula is C18H21N7O4. The van der Waals surface area contributed by atoms with E-state index in [1.54, 1.807) is 24.3 Å². The first-order valence-electron chi connectivity index (χ1n) is 8.99. The van der Waals surface area contributed by atoms with Crippen LogP contribution in [0.15, 0.2) is 43.0 Å². The molecule has 3 aromatic rings. The first kappa shape index (κ1) is 19.2. The van der Waals surface area contributed by atoms with E-state index in [0.717, 1.165) is 0 Å². The van der Waals surface area contributed by atoms with Gasteiger partial charge in [-0.15, -0.1) is 0 Å². The number of aromatic nitrogens is 4. The number of nitrogens with one attached hydrogen (secondary N) is 1. The van der Waals surface area contributed by atoms with Crippen LogP contribution in [0.3, 0.4) is 0 Å². The summed E-state index contributed by atoms with van der Waals surface area (Å²) >= 11 is 0. The number of carbonyl (C=O) groups is 1. The molecule has 3 unspecified atom stereocenters. The third kappa shape index (κ3) is 3.40. The molecular weight excluding hydrogens is 378 g/mol. The fourth-order valence-electron chi connectivity index (χ4n) is 3.41. The van der Waals surface area contributed by atoms with Crippen molar-refractivity contribution in [2.45, 2.75) is 30.5 Å². The molecule has 1 aromatic carbocycles. The summed E-state index contributed by atoms with van der Waals surface area (Å²) in [6.07, 6.45) is -0.246. The van der Waals surface area contributed by atoms with Gasteiger partial charge in [-0.25, -0.2) is 15.0 Å². The van der Waals surface area contributed by atoms with Gasteiger partial charge in [0.15, 0.2) is 17.7 Å². The van der Waals surface area contributed by atoms with Gasteiger partial charge in [0.1, 0.15) is 36.1 Å². The molecule has 1 fully saturated rings. The number of imidazole rings is 1. The van der Waals surface area contributed by atoms with Gasteiger partial charge in [-0.3, -0.25) is 9.36 Å². The first-order valence-corrected chi connectivity index (χ1v) is 8.99. The fourth-order valence-corrected chi connectivity index (χ4v) is 3.41. The van der Waals surface area contributed by atoms with Crippen LogP contribution in [-0.2, 0) is 9.53 Å². The molecule has 7 N–H and O–H groups in total. The number of aliphatic hydroxyl groups is 2. The SMILES string of the molecule is Nc1ncnc2c1ncn2[C@@H]1O[C@H](CO)C(O)C1NC(=O)C(N)c1ccccc1. The van der Waals surface area contributed by atoms with Gasteiger partial charge in [0.2, 0.25) is 5.91 Å². The number of ether oxygens (including phenoxy) is 1. The molecule has 0 radical (unpaired) electrons. The molecule has 1 saturated heterocycles. The van der Waals surface area contributed by atoms with E-state index in [2.05, 4.69) is 20.3 Å². The summed E-state index contributed by atoms with van der Waals surface area (Å²) in [6.45, 7) is -0.432. The minimum Gasteiger partial charge on any atom is -0.394 e. The number of benzene rings is 1. The highest BCUT2D eigenvalue weighted by molar-refractivity contribution is 5.83. The maximum Gasteiger partial charge on any atom is 0.241 e. The Morgan fingerprint density at radius 1 is 1.28 bits per heavy atom. The topological polar surface area (TPSA) is 174 Å². The van der Waals surface area contributed by atoms with Crippen molar-refractivity contribution in [1.29, 1.82) is 0 Å². The lowest BCUT2D eigenvalue weighted by Gasteiger charge is -2.24. The van der Waals surface area contributed by atoms with Gasteiger partial charge in [0.05, 0.1) is 12.9 Å². The van der Waals surface area contributed by atoms with Gasteiger partial charge in [0.25, 0.3) is 0 Å². The predicted octanol–water partition coefficient (Wildman–Crippen LogP) is -1.16. The molecule has 4 rings (SSSR count). The Kier molecular flexibility index (Phi) is 5.11. The van der Waals surface area contributed by atoms with Crippen molar-refractivity contribution in [3.8, 4) is 0 Å². The molecule has 1 aliphatic heterocycles. The van der Waals surface area contributed by atoms with Crippen molar-refractivity contribution >= 4 is 22.9 Å². The minimum atomic E-state index is -1.17. The largest absolute Gasteiger partial charge is 0.394 e. The quantitative estimate of drug-likeness (QED) is 0.354. The average molecular weight is 399 g/mol. The van der Waals surface area contributed by atoms with Gasteiger partial charge in [-0.2, -0.15) is 0 Å². The van der Waals surface area contributed by atoms with Gasteiger partial charge < -0.3 is 31.7 Å². The normalized spacial score (nSPS) is 25.2. The molecule has 1 aliphatic rings. The second-order valence-corrected chi connectivity index (χ2v) is 6.74. The smallest absolute Gasteiger partial charge is 0.241 e. The van der Waals surface area contributed by atoms with Crippen LogP contribution in [0.25, 0.3) is 11.2 Å². The standard InChI is InChI=1S/C18H21N7O4/c19-11(9-4-2-1-3-5-9)17(28)24-12-14(27)10(6-26)29-18(12)25-8-23-13-15(20)21-7-22-16(13)25/h1-5,7-8,10-12,14,18,26-27H,6,19H2,(H,24,28)(H2,20,21,22)/t10-,11?,12?,14?,18-/m1/s1. The van der Waals surface area contributed by atoms with Gasteiger partial charge in [-0.1, -0.05) is 30.3 Å². The van der Waals surface area contributed by atoms with Gasteiger partial charge >= 0.3 is 0 Å². The molecule has 5 atom stereocenters. The van der Waals surface area contributed by atoms with E-state index in [0.29, 0.717) is 16.7 Å². The Morgan fingerprint density at radius 3 is 2.76 bits per heavy atom. The molecule has 1 amide bonds. The molecule has 0 aliphatic carbocycles. The van der Waals surface area contributed by atoms with E-state index in [9.17, 15) is 15.0 Å². The highest BCUT2D eigenvalue weighted by Gasteiger charge is 2.46. The summed E-state index contributed by atoms with van der Waals surface area (Å²) < 4.78 is 7.31. The number of nitrogens with zero attached hydrogens (tertiary/aromatic N) is 4. The van der Waals surface area contributed by atoms with Crippen molar-refractivity contribution in [2.75, 3.05) is 12.3 Å². The average Bonchev–Trinajstić information content (AvgIpc) is 3.30. The molecule has 29 heavy (non-hydrogen) atoms. The highest BCUT2D eigenvalue weighted by atomic mass is 16.5. The number of aliphatic hydroxyl groups excluding tert-OH is 2. The molecule has 11 nitrogen and oxygen atoms in total. The van der Waals surface area contributed by atoms with E-state index in [1.807, 2.05) is 6.07 Å². The van der Waals surface area contributed by atoms with Crippen LogP contribution in [0.4, 0.5) is 5.82 Å². The van der Waals surface area contributed by atoms with Gasteiger partial charge in [-0.05, 0) is 5.56 Å². The summed E-state index contributed by atoms with van der Waals surface area (Å²) in [4.78, 5) is 25.0. The molecule has 0 spiro atoms. The predicted molar refractivity (Wildman–Crippen MR) is 102 cm³/mol. The van der Waals surface area contributed by atoms with Crippen molar-refractivity contribution in [3.05, 3.63) is 48.5 Å². The van der Waals surface area contributed by atoms with E-state index >= 15 is 0 Å². The lowest BCUT2D eigenvalue weighted by atomic mass is 10.0. The van der Waals surface area contributed by atoms with Crippen LogP contribution in [0.5, 0.6) is 0 Å². The second kappa shape index (κ2) is 7.72. The molecule has 0 saturated carbocycles. The van der Waals surface area contributed by atoms with Crippen LogP contribution < -0.4 is 16.8 Å². The number of amides is 1. The van der Waals surface area contributed by atoms with E-state index in [1.165, 1.54) is 17.2 Å². The zero-order valence-corrected chi connectivity index (χ0v) is 15.3. The summed E-state index contributed by atoms with van der Waals surface area (Å²) in [5, 5.41) is 22.9. The lowest BCUT2D eigenvalue weighted by molar-refractivity contribution is -0.124. The fraction of sp³-hybridized carbons (Fsp3) is 0.333. The zero-order valence-electron chi connectivity index (χ0n) is 15.3. The molecule has 152 valence electrons. The number of carbonyl (C=O) groups excluding carboxylic acids is 1. The van der Waals surface area contributed by atoms with Crippen molar-refractivity contribution in [3.63, 3.8) is 0 Å². The van der Waals surface area contributed by atoms with Crippen molar-refractivity contribution in [2.24, 2.45) is 5.73 Å². The second-order valence-electron chi connectivity index (χ2n) is 6.74. The summed E-state index contributed by atoms with van der Waals surface area (Å²) in [5.41, 5.74) is 13.3.